The molecule has 0 bridgehead atoms. The molecule has 0 N–H and O–H groups in total. The van der Waals surface area contributed by atoms with Gasteiger partial charge >= 0.3 is 0 Å². The Bertz CT molecular complexity index is 1320. The van der Waals surface area contributed by atoms with Gasteiger partial charge in [-0.2, -0.15) is 0 Å². The van der Waals surface area contributed by atoms with Crippen LogP contribution < -0.4 is 0 Å². The van der Waals surface area contributed by atoms with Gasteiger partial charge in [-0.1, -0.05) is 6.07 Å². The third-order valence-electron chi connectivity index (χ3n) is 5.64. The number of benzene rings is 2. The third kappa shape index (κ3) is 3.83. The summed E-state index contributed by atoms with van der Waals surface area (Å²) in [6.45, 7) is 3.89. The van der Waals surface area contributed by atoms with E-state index in [2.05, 4.69) is 15.0 Å². The number of rotatable bonds is 3. The first-order valence-electron chi connectivity index (χ1n) is 10.4. The van der Waals surface area contributed by atoms with Gasteiger partial charge in [0.2, 0.25) is 0 Å². The average molecular weight is 428 g/mol. The van der Waals surface area contributed by atoms with E-state index >= 15 is 0 Å². The molecule has 7 heteroatoms. The van der Waals surface area contributed by atoms with E-state index in [-0.39, 0.29) is 11.7 Å². The summed E-state index contributed by atoms with van der Waals surface area (Å²) in [6, 6.07) is 12.5. The maximum Gasteiger partial charge on any atom is 0.255 e. The molecule has 3 heterocycles. The Hall–Kier alpha value is -3.71. The highest BCUT2D eigenvalue weighted by Gasteiger charge is 2.21. The number of aromatic nitrogens is 3. The minimum absolute atomic E-state index is 0.0792. The summed E-state index contributed by atoms with van der Waals surface area (Å²) in [6.07, 6.45) is 4.89. The van der Waals surface area contributed by atoms with E-state index in [1.54, 1.807) is 42.5 Å². The molecule has 0 saturated carbocycles. The molecule has 0 aliphatic carbocycles. The van der Waals surface area contributed by atoms with E-state index in [0.29, 0.717) is 43.1 Å². The van der Waals surface area contributed by atoms with Gasteiger partial charge in [-0.05, 0) is 54.4 Å². The van der Waals surface area contributed by atoms with Crippen LogP contribution in [0.5, 0.6) is 0 Å². The lowest BCUT2D eigenvalue weighted by Gasteiger charge is -2.27. The van der Waals surface area contributed by atoms with Gasteiger partial charge in [0.25, 0.3) is 5.91 Å². The highest BCUT2D eigenvalue weighted by Crippen LogP contribution is 2.33. The molecule has 5 rings (SSSR count). The van der Waals surface area contributed by atoms with Crippen molar-refractivity contribution in [3.8, 4) is 22.4 Å². The Morgan fingerprint density at radius 2 is 1.69 bits per heavy atom. The largest absolute Gasteiger partial charge is 0.378 e. The lowest BCUT2D eigenvalue weighted by molar-refractivity contribution is 0.0302. The number of amides is 1. The maximum atomic E-state index is 13.9. The number of hydrogen-bond acceptors (Lipinski definition) is 5. The van der Waals surface area contributed by atoms with Crippen LogP contribution in [0.25, 0.3) is 33.4 Å². The van der Waals surface area contributed by atoms with Gasteiger partial charge in [-0.15, -0.1) is 0 Å². The van der Waals surface area contributed by atoms with Crippen LogP contribution in [-0.2, 0) is 4.74 Å². The zero-order valence-electron chi connectivity index (χ0n) is 17.6. The summed E-state index contributed by atoms with van der Waals surface area (Å²) >= 11 is 0. The smallest absolute Gasteiger partial charge is 0.255 e. The highest BCUT2D eigenvalue weighted by atomic mass is 19.1. The Kier molecular flexibility index (Phi) is 5.33. The number of aryl methyl sites for hydroxylation is 1. The Labute approximate surface area is 184 Å². The molecular formula is C25H21FN4O2. The second kappa shape index (κ2) is 8.43. The van der Waals surface area contributed by atoms with Crippen LogP contribution in [-0.4, -0.2) is 52.1 Å². The number of hydrogen-bond donors (Lipinski definition) is 0. The second-order valence-corrected chi connectivity index (χ2v) is 7.75. The van der Waals surface area contributed by atoms with Gasteiger partial charge in [0.05, 0.1) is 35.5 Å². The van der Waals surface area contributed by atoms with Crippen LogP contribution in [0.1, 0.15) is 15.9 Å². The van der Waals surface area contributed by atoms with E-state index in [1.165, 1.54) is 6.07 Å². The zero-order chi connectivity index (χ0) is 22.1. The summed E-state index contributed by atoms with van der Waals surface area (Å²) in [5.74, 6) is -0.347. The van der Waals surface area contributed by atoms with Gasteiger partial charge < -0.3 is 9.64 Å². The van der Waals surface area contributed by atoms with Gasteiger partial charge in [0.15, 0.2) is 0 Å². The van der Waals surface area contributed by atoms with E-state index in [9.17, 15) is 9.18 Å². The number of ether oxygens (including phenoxy) is 1. The number of pyridine rings is 1. The zero-order valence-corrected chi connectivity index (χ0v) is 17.6. The fourth-order valence-electron chi connectivity index (χ4n) is 3.90. The molecule has 6 nitrogen and oxygen atoms in total. The van der Waals surface area contributed by atoms with Crippen molar-refractivity contribution in [1.82, 2.24) is 19.9 Å². The van der Waals surface area contributed by atoms with Crippen molar-refractivity contribution in [2.45, 2.75) is 6.92 Å². The minimum atomic E-state index is -0.268. The molecule has 1 aliphatic rings. The summed E-state index contributed by atoms with van der Waals surface area (Å²) in [5, 5.41) is 0. The molecular weight excluding hydrogens is 407 g/mol. The first-order chi connectivity index (χ1) is 15.6. The monoisotopic (exact) mass is 428 g/mol. The van der Waals surface area contributed by atoms with Crippen LogP contribution in [0.3, 0.4) is 0 Å². The van der Waals surface area contributed by atoms with E-state index in [0.717, 1.165) is 27.7 Å². The SMILES string of the molecule is Cc1cc(-c2ncc(C(=O)N3CCOCC3)cc2-c2ccc3nccnc3c2)ccc1F. The standard InChI is InChI=1S/C25H21FN4O2/c1-16-12-18(2-4-21(16)26)24-20(17-3-5-22-23(14-17)28-7-6-27-22)13-19(15-29-24)25(31)30-8-10-32-11-9-30/h2-7,12-15H,8-11H2,1H3. The molecule has 160 valence electrons. The molecule has 1 amide bonds. The lowest BCUT2D eigenvalue weighted by atomic mass is 9.96. The molecule has 0 radical (unpaired) electrons. The number of halogens is 1. The minimum Gasteiger partial charge on any atom is -0.378 e. The van der Waals surface area contributed by atoms with Crippen molar-refractivity contribution < 1.29 is 13.9 Å². The molecule has 0 unspecified atom stereocenters. The lowest BCUT2D eigenvalue weighted by Crippen LogP contribution is -2.40. The Morgan fingerprint density at radius 1 is 0.938 bits per heavy atom. The van der Waals surface area contributed by atoms with E-state index in [1.807, 2.05) is 24.3 Å². The van der Waals surface area contributed by atoms with Crippen molar-refractivity contribution in [2.75, 3.05) is 26.3 Å². The van der Waals surface area contributed by atoms with Crippen LogP contribution >= 0.6 is 0 Å². The molecule has 1 saturated heterocycles. The van der Waals surface area contributed by atoms with Crippen LogP contribution in [0.2, 0.25) is 0 Å². The summed E-state index contributed by atoms with van der Waals surface area (Å²) in [5.41, 5.74) is 5.66. The van der Waals surface area contributed by atoms with Crippen LogP contribution in [0, 0.1) is 12.7 Å². The van der Waals surface area contributed by atoms with Crippen LogP contribution in [0.4, 0.5) is 4.39 Å². The summed E-state index contributed by atoms with van der Waals surface area (Å²) in [4.78, 5) is 28.3. The first-order valence-corrected chi connectivity index (χ1v) is 10.4. The molecule has 1 fully saturated rings. The molecule has 4 aromatic rings. The maximum absolute atomic E-state index is 13.9. The molecule has 1 aliphatic heterocycles. The van der Waals surface area contributed by atoms with Gasteiger partial charge in [-0.3, -0.25) is 19.7 Å². The predicted octanol–water partition coefficient (Wildman–Crippen LogP) is 4.28. The van der Waals surface area contributed by atoms with Gasteiger partial charge in [0.1, 0.15) is 5.82 Å². The fraction of sp³-hybridized carbons (Fsp3) is 0.200. The first kappa shape index (κ1) is 20.2. The number of morpholine rings is 1. The number of carbonyl (C=O) groups is 1. The van der Waals surface area contributed by atoms with Crippen molar-refractivity contribution in [3.05, 3.63) is 78.0 Å². The average Bonchev–Trinajstić information content (AvgIpc) is 2.85. The molecule has 0 spiro atoms. The molecule has 2 aromatic heterocycles. The highest BCUT2D eigenvalue weighted by molar-refractivity contribution is 5.97. The fourth-order valence-corrected chi connectivity index (χ4v) is 3.90. The normalized spacial score (nSPS) is 14.0. The van der Waals surface area contributed by atoms with Crippen molar-refractivity contribution >= 4 is 16.9 Å². The summed E-state index contributed by atoms with van der Waals surface area (Å²) in [7, 11) is 0. The number of carbonyl (C=O) groups excluding carboxylic acids is 1. The van der Waals surface area contributed by atoms with Crippen LogP contribution in [0.15, 0.2) is 61.1 Å². The Balaban J connectivity index is 1.65. The Morgan fingerprint density at radius 3 is 2.47 bits per heavy atom. The van der Waals surface area contributed by atoms with Crippen molar-refractivity contribution in [1.29, 1.82) is 0 Å². The van der Waals surface area contributed by atoms with Gasteiger partial charge in [0, 0.05) is 42.8 Å². The number of fused-ring (bicyclic) bond motifs is 1. The van der Waals surface area contributed by atoms with Crippen molar-refractivity contribution in [3.63, 3.8) is 0 Å². The summed E-state index contributed by atoms with van der Waals surface area (Å²) < 4.78 is 19.3. The molecule has 2 aromatic carbocycles. The molecule has 0 atom stereocenters. The third-order valence-corrected chi connectivity index (χ3v) is 5.64. The quantitative estimate of drug-likeness (QED) is 0.487. The van der Waals surface area contributed by atoms with E-state index < -0.39 is 0 Å². The predicted molar refractivity (Wildman–Crippen MR) is 120 cm³/mol. The number of nitrogens with zero attached hydrogens (tertiary/aromatic N) is 4. The van der Waals surface area contributed by atoms with Gasteiger partial charge in [-0.25, -0.2) is 4.39 Å². The second-order valence-electron chi connectivity index (χ2n) is 7.75. The topological polar surface area (TPSA) is 68.2 Å². The van der Waals surface area contributed by atoms with E-state index in [4.69, 9.17) is 4.74 Å². The molecule has 32 heavy (non-hydrogen) atoms. The van der Waals surface area contributed by atoms with Crippen molar-refractivity contribution in [2.24, 2.45) is 0 Å².